The highest BCUT2D eigenvalue weighted by atomic mass is 32.2. The second-order valence-corrected chi connectivity index (χ2v) is 6.49. The Balaban J connectivity index is 2.44. The maximum atomic E-state index is 11.8. The van der Waals surface area contributed by atoms with Crippen molar-refractivity contribution in [2.45, 2.75) is 18.6 Å². The molecule has 5 nitrogen and oxygen atoms in total. The van der Waals surface area contributed by atoms with Crippen molar-refractivity contribution in [3.05, 3.63) is 29.8 Å². The van der Waals surface area contributed by atoms with E-state index in [0.29, 0.717) is 13.0 Å². The molecule has 0 heterocycles. The molecule has 1 atom stereocenters. The van der Waals surface area contributed by atoms with Gasteiger partial charge in [-0.05, 0) is 31.0 Å². The molecule has 0 fully saturated rings. The minimum absolute atomic E-state index is 0.192. The molecule has 1 aromatic carbocycles. The Morgan fingerprint density at radius 3 is 2.37 bits per heavy atom. The molecule has 1 unspecified atom stereocenters. The van der Waals surface area contributed by atoms with Crippen LogP contribution in [0.3, 0.4) is 0 Å². The van der Waals surface area contributed by atoms with Crippen LogP contribution in [0, 0.1) is 0 Å². The first kappa shape index (κ1) is 15.9. The van der Waals surface area contributed by atoms with Gasteiger partial charge in [-0.1, -0.05) is 12.1 Å². The molecule has 19 heavy (non-hydrogen) atoms. The van der Waals surface area contributed by atoms with Gasteiger partial charge in [-0.3, -0.25) is 0 Å². The fourth-order valence-electron chi connectivity index (χ4n) is 1.60. The van der Waals surface area contributed by atoms with Crippen molar-refractivity contribution in [3.63, 3.8) is 0 Å². The summed E-state index contributed by atoms with van der Waals surface area (Å²) in [6, 6.07) is 7.56. The molecule has 6 heteroatoms. The van der Waals surface area contributed by atoms with E-state index < -0.39 is 15.3 Å². The number of hydrogen-bond acceptors (Lipinski definition) is 4. The third-order valence-corrected chi connectivity index (χ3v) is 4.61. The van der Waals surface area contributed by atoms with Gasteiger partial charge in [0.25, 0.3) is 0 Å². The van der Waals surface area contributed by atoms with Crippen molar-refractivity contribution < 1.29 is 17.9 Å². The molecule has 0 spiro atoms. The van der Waals surface area contributed by atoms with Gasteiger partial charge in [0.15, 0.2) is 0 Å². The van der Waals surface area contributed by atoms with Gasteiger partial charge in [-0.15, -0.1) is 0 Å². The third kappa shape index (κ3) is 5.18. The number of sulfonamides is 1. The highest BCUT2D eigenvalue weighted by molar-refractivity contribution is 7.90. The summed E-state index contributed by atoms with van der Waals surface area (Å²) >= 11 is 0. The quantitative estimate of drug-likeness (QED) is 0.780. The molecule has 108 valence electrons. The molecule has 0 radical (unpaired) electrons. The smallest absolute Gasteiger partial charge is 0.216 e. The third-order valence-electron chi connectivity index (χ3n) is 2.81. The average molecular weight is 287 g/mol. The summed E-state index contributed by atoms with van der Waals surface area (Å²) in [5, 5.41) is -0.548. The largest absolute Gasteiger partial charge is 0.497 e. The summed E-state index contributed by atoms with van der Waals surface area (Å²) in [5.74, 6) is 0.790. The number of hydrogen-bond donors (Lipinski definition) is 1. The summed E-state index contributed by atoms with van der Waals surface area (Å²) in [7, 11) is -0.204. The van der Waals surface area contributed by atoms with Gasteiger partial charge in [0, 0.05) is 13.7 Å². The van der Waals surface area contributed by atoms with E-state index in [1.54, 1.807) is 14.0 Å². The molecule has 0 saturated carbocycles. The molecule has 1 aromatic rings. The molecule has 1 rings (SSSR count). The zero-order valence-corrected chi connectivity index (χ0v) is 12.4. The minimum Gasteiger partial charge on any atom is -0.497 e. The molecule has 0 bridgehead atoms. The first-order valence-electron chi connectivity index (χ1n) is 6.10. The molecular weight excluding hydrogens is 266 g/mol. The molecule has 0 aliphatic heterocycles. The predicted molar refractivity (Wildman–Crippen MR) is 75.0 cm³/mol. The lowest BCUT2D eigenvalue weighted by molar-refractivity contribution is 0.200. The Bertz CT molecular complexity index is 470. The van der Waals surface area contributed by atoms with Crippen LogP contribution in [0.25, 0.3) is 0 Å². The highest BCUT2D eigenvalue weighted by Crippen LogP contribution is 2.11. The van der Waals surface area contributed by atoms with Crippen LogP contribution in [0.2, 0.25) is 0 Å². The Hall–Kier alpha value is -1.11. The SMILES string of the molecule is COCC(C)S(=O)(=O)NCCc1ccc(OC)cc1. The molecule has 0 saturated heterocycles. The molecule has 0 aliphatic rings. The Kier molecular flexibility index (Phi) is 6.27. The van der Waals surface area contributed by atoms with Crippen LogP contribution in [0.15, 0.2) is 24.3 Å². The predicted octanol–water partition coefficient (Wildman–Crippen LogP) is 1.19. The van der Waals surface area contributed by atoms with Crippen molar-refractivity contribution in [3.8, 4) is 5.75 Å². The number of rotatable bonds is 8. The van der Waals surface area contributed by atoms with Crippen LogP contribution in [-0.4, -0.2) is 41.0 Å². The fourth-order valence-corrected chi connectivity index (χ4v) is 2.58. The van der Waals surface area contributed by atoms with Crippen molar-refractivity contribution in [2.24, 2.45) is 0 Å². The minimum atomic E-state index is -3.31. The Morgan fingerprint density at radius 1 is 1.21 bits per heavy atom. The maximum absolute atomic E-state index is 11.8. The number of benzene rings is 1. The van der Waals surface area contributed by atoms with Crippen LogP contribution < -0.4 is 9.46 Å². The normalized spacial score (nSPS) is 13.2. The number of nitrogens with one attached hydrogen (secondary N) is 1. The van der Waals surface area contributed by atoms with Crippen LogP contribution >= 0.6 is 0 Å². The number of methoxy groups -OCH3 is 2. The van der Waals surface area contributed by atoms with Crippen molar-refractivity contribution in [1.82, 2.24) is 4.72 Å². The van der Waals surface area contributed by atoms with E-state index >= 15 is 0 Å². The van der Waals surface area contributed by atoms with E-state index in [9.17, 15) is 8.42 Å². The maximum Gasteiger partial charge on any atom is 0.216 e. The van der Waals surface area contributed by atoms with Gasteiger partial charge in [0.2, 0.25) is 10.0 Å². The average Bonchev–Trinajstić information content (AvgIpc) is 2.39. The monoisotopic (exact) mass is 287 g/mol. The standard InChI is InChI=1S/C13H21NO4S/c1-11(10-17-2)19(15,16)14-9-8-12-4-6-13(18-3)7-5-12/h4-7,11,14H,8-10H2,1-3H3. The van der Waals surface area contributed by atoms with Gasteiger partial charge in [-0.25, -0.2) is 13.1 Å². The zero-order chi connectivity index (χ0) is 14.3. The Morgan fingerprint density at radius 2 is 1.84 bits per heavy atom. The highest BCUT2D eigenvalue weighted by Gasteiger charge is 2.19. The first-order chi connectivity index (χ1) is 8.99. The molecular formula is C13H21NO4S. The van der Waals surface area contributed by atoms with Gasteiger partial charge < -0.3 is 9.47 Å². The summed E-state index contributed by atoms with van der Waals surface area (Å²) < 4.78 is 36.1. The van der Waals surface area contributed by atoms with Crippen LogP contribution in [0.5, 0.6) is 5.75 Å². The zero-order valence-electron chi connectivity index (χ0n) is 11.5. The van der Waals surface area contributed by atoms with E-state index in [4.69, 9.17) is 9.47 Å². The second kappa shape index (κ2) is 7.47. The fraction of sp³-hybridized carbons (Fsp3) is 0.538. The molecule has 0 aliphatic carbocycles. The summed E-state index contributed by atoms with van der Waals surface area (Å²) in [6.07, 6.45) is 0.642. The molecule has 0 amide bonds. The van der Waals surface area contributed by atoms with Gasteiger partial charge in [0.05, 0.1) is 19.0 Å². The topological polar surface area (TPSA) is 64.6 Å². The Labute approximate surface area is 115 Å². The number of ether oxygens (including phenoxy) is 2. The van der Waals surface area contributed by atoms with E-state index in [1.807, 2.05) is 24.3 Å². The van der Waals surface area contributed by atoms with E-state index in [-0.39, 0.29) is 6.61 Å². The van der Waals surface area contributed by atoms with E-state index in [2.05, 4.69) is 4.72 Å². The van der Waals surface area contributed by atoms with Crippen molar-refractivity contribution in [1.29, 1.82) is 0 Å². The summed E-state index contributed by atoms with van der Waals surface area (Å²) in [6.45, 7) is 2.19. The van der Waals surface area contributed by atoms with Crippen LogP contribution in [0.4, 0.5) is 0 Å². The van der Waals surface area contributed by atoms with Gasteiger partial charge in [-0.2, -0.15) is 0 Å². The van der Waals surface area contributed by atoms with Gasteiger partial charge in [0.1, 0.15) is 5.75 Å². The lowest BCUT2D eigenvalue weighted by Crippen LogP contribution is -2.36. The molecule has 0 aromatic heterocycles. The lowest BCUT2D eigenvalue weighted by Gasteiger charge is -2.13. The first-order valence-corrected chi connectivity index (χ1v) is 7.64. The summed E-state index contributed by atoms with van der Waals surface area (Å²) in [5.41, 5.74) is 1.06. The summed E-state index contributed by atoms with van der Waals surface area (Å²) in [4.78, 5) is 0. The lowest BCUT2D eigenvalue weighted by atomic mass is 10.1. The van der Waals surface area contributed by atoms with E-state index in [1.165, 1.54) is 7.11 Å². The van der Waals surface area contributed by atoms with E-state index in [0.717, 1.165) is 11.3 Å². The van der Waals surface area contributed by atoms with Crippen LogP contribution in [0.1, 0.15) is 12.5 Å². The van der Waals surface area contributed by atoms with Crippen molar-refractivity contribution in [2.75, 3.05) is 27.4 Å². The molecule has 1 N–H and O–H groups in total. The van der Waals surface area contributed by atoms with Crippen molar-refractivity contribution >= 4 is 10.0 Å². The van der Waals surface area contributed by atoms with Crippen LogP contribution in [-0.2, 0) is 21.2 Å². The second-order valence-electron chi connectivity index (χ2n) is 4.30. The van der Waals surface area contributed by atoms with Gasteiger partial charge >= 0.3 is 0 Å².